The van der Waals surface area contributed by atoms with Crippen LogP contribution in [-0.2, 0) is 0 Å². The minimum absolute atomic E-state index is 0.136. The summed E-state index contributed by atoms with van der Waals surface area (Å²) in [5, 5.41) is 21.2. The molecular weight excluding hydrogens is 278 g/mol. The van der Waals surface area contributed by atoms with E-state index in [9.17, 15) is 14.9 Å². The first-order valence-corrected chi connectivity index (χ1v) is 4.94. The molecule has 82 valence electrons. The van der Waals surface area contributed by atoms with Gasteiger partial charge in [0.15, 0.2) is 0 Å². The summed E-state index contributed by atoms with van der Waals surface area (Å²) in [7, 11) is 0. The van der Waals surface area contributed by atoms with Gasteiger partial charge in [0.2, 0.25) is 0 Å². The van der Waals surface area contributed by atoms with Crippen LogP contribution in [0.15, 0.2) is 22.7 Å². The first kappa shape index (κ1) is 12.1. The van der Waals surface area contributed by atoms with Crippen molar-refractivity contribution < 1.29 is 9.72 Å². The Balaban J connectivity index is 2.99. The molecule has 0 aliphatic rings. The highest BCUT2D eigenvalue weighted by atomic mass is 79.9. The summed E-state index contributed by atoms with van der Waals surface area (Å²) in [6, 6.07) is 5.74. The summed E-state index contributed by atoms with van der Waals surface area (Å²) in [4.78, 5) is 21.4. The van der Waals surface area contributed by atoms with Crippen LogP contribution in [0.4, 0.5) is 5.69 Å². The van der Waals surface area contributed by atoms with Gasteiger partial charge in [-0.25, -0.2) is 0 Å². The number of nitro benzene ring substituents is 1. The Labute approximate surface area is 99.2 Å². The molecule has 1 N–H and O–H groups in total. The number of benzene rings is 1. The lowest BCUT2D eigenvalue weighted by Gasteiger charge is -2.01. The quantitative estimate of drug-likeness (QED) is 0.518. The first-order chi connectivity index (χ1) is 7.56. The van der Waals surface area contributed by atoms with Crippen molar-refractivity contribution in [3.63, 3.8) is 0 Å². The van der Waals surface area contributed by atoms with E-state index in [0.717, 1.165) is 6.07 Å². The largest absolute Gasteiger partial charge is 0.339 e. The van der Waals surface area contributed by atoms with Gasteiger partial charge in [0.25, 0.3) is 11.6 Å². The maximum absolute atomic E-state index is 11.4. The summed E-state index contributed by atoms with van der Waals surface area (Å²) in [5.74, 6) is -0.517. The molecule has 1 aromatic rings. The third-order valence-electron chi connectivity index (χ3n) is 1.73. The van der Waals surface area contributed by atoms with Gasteiger partial charge in [0.1, 0.15) is 6.54 Å². The lowest BCUT2D eigenvalue weighted by molar-refractivity contribution is -0.385. The Morgan fingerprint density at radius 2 is 2.31 bits per heavy atom. The molecule has 0 unspecified atom stereocenters. The summed E-state index contributed by atoms with van der Waals surface area (Å²) in [6.07, 6.45) is 0. The van der Waals surface area contributed by atoms with E-state index in [2.05, 4.69) is 21.2 Å². The van der Waals surface area contributed by atoms with Gasteiger partial charge in [-0.1, -0.05) is 0 Å². The normalized spacial score (nSPS) is 9.25. The molecule has 0 bridgehead atoms. The van der Waals surface area contributed by atoms with E-state index >= 15 is 0 Å². The van der Waals surface area contributed by atoms with E-state index in [-0.39, 0.29) is 17.8 Å². The predicted octanol–water partition coefficient (Wildman–Crippen LogP) is 1.61. The van der Waals surface area contributed by atoms with Crippen molar-refractivity contribution in [2.24, 2.45) is 0 Å². The number of nitrogens with one attached hydrogen (secondary N) is 1. The number of nitriles is 1. The van der Waals surface area contributed by atoms with Gasteiger partial charge in [-0.05, 0) is 28.1 Å². The molecule has 16 heavy (non-hydrogen) atoms. The average molecular weight is 284 g/mol. The predicted molar refractivity (Wildman–Crippen MR) is 58.7 cm³/mol. The van der Waals surface area contributed by atoms with Gasteiger partial charge in [0.05, 0.1) is 15.5 Å². The molecule has 0 saturated carbocycles. The highest BCUT2D eigenvalue weighted by Crippen LogP contribution is 2.25. The van der Waals surface area contributed by atoms with Crippen molar-refractivity contribution in [3.8, 4) is 6.07 Å². The Kier molecular flexibility index (Phi) is 3.96. The van der Waals surface area contributed by atoms with E-state index in [4.69, 9.17) is 5.26 Å². The Hall–Kier alpha value is -1.94. The zero-order valence-electron chi connectivity index (χ0n) is 7.94. The Morgan fingerprint density at radius 3 is 2.88 bits per heavy atom. The second-order valence-corrected chi connectivity index (χ2v) is 3.62. The number of hydrogen-bond donors (Lipinski definition) is 1. The molecule has 0 heterocycles. The minimum atomic E-state index is -0.592. The number of halogens is 1. The van der Waals surface area contributed by atoms with Gasteiger partial charge >= 0.3 is 0 Å². The smallest absolute Gasteiger partial charge is 0.284 e. The Bertz CT molecular complexity index is 481. The molecule has 0 fully saturated rings. The number of nitro groups is 1. The summed E-state index contributed by atoms with van der Waals surface area (Å²) >= 11 is 3.01. The molecule has 1 rings (SSSR count). The number of amides is 1. The standard InChI is InChI=1S/C9H6BrN3O3/c10-7-2-1-6(5-8(7)13(15)16)9(14)12-4-3-11/h1-2,5H,4H2,(H,12,14). The van der Waals surface area contributed by atoms with Crippen LogP contribution in [-0.4, -0.2) is 17.4 Å². The fraction of sp³-hybridized carbons (Fsp3) is 0.111. The van der Waals surface area contributed by atoms with Crippen LogP contribution < -0.4 is 5.32 Å². The van der Waals surface area contributed by atoms with E-state index < -0.39 is 10.8 Å². The SMILES string of the molecule is N#CCNC(=O)c1ccc(Br)c([N+](=O)[O-])c1. The highest BCUT2D eigenvalue weighted by molar-refractivity contribution is 9.10. The molecule has 6 nitrogen and oxygen atoms in total. The topological polar surface area (TPSA) is 96.0 Å². The van der Waals surface area contributed by atoms with Crippen molar-refractivity contribution in [3.05, 3.63) is 38.3 Å². The fourth-order valence-corrected chi connectivity index (χ4v) is 1.41. The summed E-state index contributed by atoms with van der Waals surface area (Å²) in [6.45, 7) is -0.136. The molecule has 0 aromatic heterocycles. The molecule has 0 atom stereocenters. The number of carbonyl (C=O) groups is 1. The van der Waals surface area contributed by atoms with Crippen LogP contribution in [0, 0.1) is 21.4 Å². The third kappa shape index (κ3) is 2.77. The lowest BCUT2D eigenvalue weighted by atomic mass is 10.2. The molecule has 0 aliphatic carbocycles. The van der Waals surface area contributed by atoms with Gasteiger partial charge < -0.3 is 5.32 Å². The number of rotatable bonds is 3. The van der Waals surface area contributed by atoms with E-state index in [1.54, 1.807) is 6.07 Å². The highest BCUT2D eigenvalue weighted by Gasteiger charge is 2.15. The van der Waals surface area contributed by atoms with Crippen molar-refractivity contribution in [1.82, 2.24) is 5.32 Å². The third-order valence-corrected chi connectivity index (χ3v) is 2.40. The van der Waals surface area contributed by atoms with Crippen molar-refractivity contribution >= 4 is 27.5 Å². The molecular formula is C9H6BrN3O3. The molecule has 0 spiro atoms. The molecule has 0 saturated heterocycles. The fourth-order valence-electron chi connectivity index (χ4n) is 1.02. The average Bonchev–Trinajstić information content (AvgIpc) is 2.26. The zero-order chi connectivity index (χ0) is 12.1. The zero-order valence-corrected chi connectivity index (χ0v) is 9.52. The second-order valence-electron chi connectivity index (χ2n) is 2.76. The molecule has 1 aromatic carbocycles. The van der Waals surface area contributed by atoms with Crippen LogP contribution in [0.25, 0.3) is 0 Å². The number of carbonyl (C=O) groups excluding carboxylic acids is 1. The maximum Gasteiger partial charge on any atom is 0.284 e. The maximum atomic E-state index is 11.4. The molecule has 0 aliphatic heterocycles. The van der Waals surface area contributed by atoms with Gasteiger partial charge in [-0.15, -0.1) is 0 Å². The van der Waals surface area contributed by atoms with E-state index in [0.29, 0.717) is 4.47 Å². The molecule has 1 amide bonds. The number of hydrogen-bond acceptors (Lipinski definition) is 4. The van der Waals surface area contributed by atoms with E-state index in [1.165, 1.54) is 12.1 Å². The van der Waals surface area contributed by atoms with Crippen LogP contribution in [0.2, 0.25) is 0 Å². The summed E-state index contributed by atoms with van der Waals surface area (Å²) < 4.78 is 0.300. The monoisotopic (exact) mass is 283 g/mol. The Morgan fingerprint density at radius 1 is 1.62 bits per heavy atom. The first-order valence-electron chi connectivity index (χ1n) is 4.15. The van der Waals surface area contributed by atoms with E-state index in [1.807, 2.05) is 0 Å². The van der Waals surface area contributed by atoms with Gasteiger partial charge in [-0.2, -0.15) is 5.26 Å². The van der Waals surface area contributed by atoms with Crippen molar-refractivity contribution in [2.45, 2.75) is 0 Å². The minimum Gasteiger partial charge on any atom is -0.339 e. The van der Waals surface area contributed by atoms with Crippen LogP contribution in [0.3, 0.4) is 0 Å². The number of nitrogens with zero attached hydrogens (tertiary/aromatic N) is 2. The van der Waals surface area contributed by atoms with Gasteiger partial charge in [0, 0.05) is 11.6 Å². The van der Waals surface area contributed by atoms with Crippen molar-refractivity contribution in [1.29, 1.82) is 5.26 Å². The lowest BCUT2D eigenvalue weighted by Crippen LogP contribution is -2.23. The molecule has 0 radical (unpaired) electrons. The summed E-state index contributed by atoms with van der Waals surface area (Å²) in [5.41, 5.74) is -0.0465. The molecule has 7 heteroatoms. The van der Waals surface area contributed by atoms with Gasteiger partial charge in [-0.3, -0.25) is 14.9 Å². The second kappa shape index (κ2) is 5.23. The van der Waals surface area contributed by atoms with Crippen LogP contribution in [0.5, 0.6) is 0 Å². The van der Waals surface area contributed by atoms with Crippen molar-refractivity contribution in [2.75, 3.05) is 6.54 Å². The van der Waals surface area contributed by atoms with Crippen LogP contribution >= 0.6 is 15.9 Å². The van der Waals surface area contributed by atoms with Crippen LogP contribution in [0.1, 0.15) is 10.4 Å².